The van der Waals surface area contributed by atoms with E-state index in [9.17, 15) is 4.79 Å². The predicted octanol–water partition coefficient (Wildman–Crippen LogP) is 3.33. The highest BCUT2D eigenvalue weighted by atomic mass is 16.6. The minimum atomic E-state index is -0.124. The smallest absolute Gasteiger partial charge is 0.181 e. The molecule has 3 heterocycles. The fourth-order valence-electron chi connectivity index (χ4n) is 4.42. The van der Waals surface area contributed by atoms with Gasteiger partial charge in [-0.25, -0.2) is 0 Å². The van der Waals surface area contributed by atoms with Crippen LogP contribution < -0.4 is 9.47 Å². The van der Waals surface area contributed by atoms with Crippen LogP contribution in [0.15, 0.2) is 48.7 Å². The summed E-state index contributed by atoms with van der Waals surface area (Å²) in [4.78, 5) is 21.1. The lowest BCUT2D eigenvalue weighted by atomic mass is 10.0. The highest BCUT2D eigenvalue weighted by Gasteiger charge is 2.27. The van der Waals surface area contributed by atoms with Crippen molar-refractivity contribution in [2.45, 2.75) is 19.5 Å². The molecule has 1 saturated heterocycles. The predicted molar refractivity (Wildman–Crippen MR) is 116 cm³/mol. The molecule has 30 heavy (non-hydrogen) atoms. The molecule has 1 N–H and O–H groups in total. The van der Waals surface area contributed by atoms with Gasteiger partial charge >= 0.3 is 0 Å². The van der Waals surface area contributed by atoms with Gasteiger partial charge in [-0.15, -0.1) is 0 Å². The molecular weight excluding hydrogens is 378 g/mol. The van der Waals surface area contributed by atoms with Crippen molar-refractivity contribution in [3.05, 3.63) is 59.8 Å². The Hall–Kier alpha value is -2.83. The monoisotopic (exact) mass is 405 g/mol. The zero-order valence-corrected chi connectivity index (χ0v) is 17.3. The molecule has 1 aromatic heterocycles. The minimum Gasteiger partial charge on any atom is -0.486 e. The van der Waals surface area contributed by atoms with Gasteiger partial charge in [-0.2, -0.15) is 0 Å². The number of fused-ring (bicyclic) bond motifs is 2. The first kappa shape index (κ1) is 19.2. The number of hydrogen-bond donors (Lipinski definition) is 1. The zero-order valence-electron chi connectivity index (χ0n) is 17.3. The number of nitrogens with one attached hydrogen (secondary N) is 1. The molecule has 1 fully saturated rings. The molecule has 6 nitrogen and oxygen atoms in total. The van der Waals surface area contributed by atoms with Crippen LogP contribution in [0.4, 0.5) is 0 Å². The Morgan fingerprint density at radius 2 is 1.80 bits per heavy atom. The molecule has 0 bridgehead atoms. The first-order valence-electron chi connectivity index (χ1n) is 10.6. The van der Waals surface area contributed by atoms with Gasteiger partial charge in [-0.3, -0.25) is 14.6 Å². The Kier molecular flexibility index (Phi) is 5.19. The second-order valence-electron chi connectivity index (χ2n) is 8.08. The molecule has 0 aliphatic carbocycles. The molecule has 0 radical (unpaired) electrons. The van der Waals surface area contributed by atoms with E-state index < -0.39 is 0 Å². The maximum Gasteiger partial charge on any atom is 0.181 e. The Bertz CT molecular complexity index is 1050. The van der Waals surface area contributed by atoms with Gasteiger partial charge < -0.3 is 14.5 Å². The van der Waals surface area contributed by atoms with E-state index in [-0.39, 0.29) is 11.8 Å². The van der Waals surface area contributed by atoms with E-state index in [1.807, 2.05) is 43.5 Å². The van der Waals surface area contributed by atoms with Crippen LogP contribution in [-0.2, 0) is 6.54 Å². The highest BCUT2D eigenvalue weighted by Crippen LogP contribution is 2.31. The van der Waals surface area contributed by atoms with Crippen LogP contribution in [0.25, 0.3) is 10.9 Å². The van der Waals surface area contributed by atoms with Crippen molar-refractivity contribution in [3.8, 4) is 11.5 Å². The molecule has 0 saturated carbocycles. The summed E-state index contributed by atoms with van der Waals surface area (Å²) in [6.45, 7) is 7.80. The zero-order chi connectivity index (χ0) is 20.5. The van der Waals surface area contributed by atoms with Gasteiger partial charge in [0, 0.05) is 55.4 Å². The molecule has 2 aliphatic heterocycles. The Morgan fingerprint density at radius 1 is 1.03 bits per heavy atom. The molecular formula is C24H27N3O3. The lowest BCUT2D eigenvalue weighted by Crippen LogP contribution is -2.51. The Labute approximate surface area is 176 Å². The van der Waals surface area contributed by atoms with E-state index in [2.05, 4.69) is 26.9 Å². The van der Waals surface area contributed by atoms with E-state index in [0.29, 0.717) is 13.2 Å². The number of Topliss-reactive ketones (excluding diaryl/α,β-unsaturated/α-hetero) is 1. The summed E-state index contributed by atoms with van der Waals surface area (Å²) >= 11 is 0. The standard InChI is InChI=1S/C24H27N3O3/c1-17(24(28)20-15-25-21-5-3-2-4-19(20)21)27-10-8-26(9-11-27)16-18-6-7-22-23(14-18)30-13-12-29-22/h2-7,14-15,17,25H,8-13,16H2,1H3/t17-/m1/s1. The third-order valence-corrected chi connectivity index (χ3v) is 6.20. The van der Waals surface area contributed by atoms with E-state index in [0.717, 1.165) is 60.7 Å². The number of hydrogen-bond acceptors (Lipinski definition) is 5. The number of ketones is 1. The Morgan fingerprint density at radius 3 is 2.63 bits per heavy atom. The second kappa shape index (κ2) is 8.13. The molecule has 2 aliphatic rings. The fourth-order valence-corrected chi connectivity index (χ4v) is 4.42. The van der Waals surface area contributed by atoms with Gasteiger partial charge in [-0.05, 0) is 30.7 Å². The van der Waals surface area contributed by atoms with Gasteiger partial charge in [-0.1, -0.05) is 24.3 Å². The van der Waals surface area contributed by atoms with Crippen LogP contribution in [0.2, 0.25) is 0 Å². The van der Waals surface area contributed by atoms with Gasteiger partial charge in [0.1, 0.15) is 13.2 Å². The second-order valence-corrected chi connectivity index (χ2v) is 8.08. The number of piperazine rings is 1. The minimum absolute atomic E-state index is 0.124. The van der Waals surface area contributed by atoms with Gasteiger partial charge in [0.15, 0.2) is 17.3 Å². The van der Waals surface area contributed by atoms with Crippen molar-refractivity contribution >= 4 is 16.7 Å². The summed E-state index contributed by atoms with van der Waals surface area (Å²) in [6.07, 6.45) is 1.85. The number of benzene rings is 2. The normalized spacial score (nSPS) is 18.4. The number of nitrogens with zero attached hydrogens (tertiary/aromatic N) is 2. The third kappa shape index (κ3) is 3.68. The first-order valence-corrected chi connectivity index (χ1v) is 10.6. The average molecular weight is 405 g/mol. The van der Waals surface area contributed by atoms with Crippen LogP contribution in [-0.4, -0.2) is 66.0 Å². The summed E-state index contributed by atoms with van der Waals surface area (Å²) < 4.78 is 11.3. The molecule has 3 aromatic rings. The van der Waals surface area contributed by atoms with Gasteiger partial charge in [0.2, 0.25) is 0 Å². The summed E-state index contributed by atoms with van der Waals surface area (Å²) in [5.74, 6) is 1.86. The molecule has 5 rings (SSSR count). The van der Waals surface area contributed by atoms with Crippen LogP contribution in [0.1, 0.15) is 22.8 Å². The summed E-state index contributed by atoms with van der Waals surface area (Å²) in [5.41, 5.74) is 3.03. The van der Waals surface area contributed by atoms with Crippen molar-refractivity contribution in [1.29, 1.82) is 0 Å². The third-order valence-electron chi connectivity index (χ3n) is 6.20. The summed E-state index contributed by atoms with van der Waals surface area (Å²) in [7, 11) is 0. The molecule has 0 amide bonds. The number of aromatic amines is 1. The van der Waals surface area contributed by atoms with E-state index in [1.165, 1.54) is 5.56 Å². The molecule has 156 valence electrons. The largest absolute Gasteiger partial charge is 0.486 e. The number of ether oxygens (including phenoxy) is 2. The molecule has 2 aromatic carbocycles. The fraction of sp³-hybridized carbons (Fsp3) is 0.375. The summed E-state index contributed by atoms with van der Waals surface area (Å²) in [6, 6.07) is 14.1. The number of rotatable bonds is 5. The van der Waals surface area contributed by atoms with E-state index >= 15 is 0 Å². The number of H-pyrrole nitrogens is 1. The van der Waals surface area contributed by atoms with E-state index in [4.69, 9.17) is 9.47 Å². The van der Waals surface area contributed by atoms with Crippen molar-refractivity contribution in [2.24, 2.45) is 0 Å². The Balaban J connectivity index is 1.20. The van der Waals surface area contributed by atoms with Gasteiger partial charge in [0.25, 0.3) is 0 Å². The molecule has 0 spiro atoms. The van der Waals surface area contributed by atoms with Gasteiger partial charge in [0.05, 0.1) is 6.04 Å². The van der Waals surface area contributed by atoms with Crippen LogP contribution in [0, 0.1) is 0 Å². The van der Waals surface area contributed by atoms with Crippen LogP contribution >= 0.6 is 0 Å². The molecule has 0 unspecified atom stereocenters. The maximum atomic E-state index is 13.1. The maximum absolute atomic E-state index is 13.1. The quantitative estimate of drug-likeness (QED) is 0.660. The van der Waals surface area contributed by atoms with Crippen molar-refractivity contribution in [1.82, 2.24) is 14.8 Å². The number of aromatic nitrogens is 1. The molecule has 6 heteroatoms. The van der Waals surface area contributed by atoms with Crippen LogP contribution in [0.3, 0.4) is 0 Å². The van der Waals surface area contributed by atoms with Crippen molar-refractivity contribution in [3.63, 3.8) is 0 Å². The SMILES string of the molecule is C[C@H](C(=O)c1c[nH]c2ccccc12)N1CCN(Cc2ccc3c(c2)OCCO3)CC1. The lowest BCUT2D eigenvalue weighted by Gasteiger charge is -2.37. The number of carbonyl (C=O) groups excluding carboxylic acids is 1. The van der Waals surface area contributed by atoms with Crippen molar-refractivity contribution < 1.29 is 14.3 Å². The average Bonchev–Trinajstić information content (AvgIpc) is 3.23. The topological polar surface area (TPSA) is 57.8 Å². The van der Waals surface area contributed by atoms with Crippen molar-refractivity contribution in [2.75, 3.05) is 39.4 Å². The van der Waals surface area contributed by atoms with Crippen LogP contribution in [0.5, 0.6) is 11.5 Å². The first-order chi connectivity index (χ1) is 14.7. The highest BCUT2D eigenvalue weighted by molar-refractivity contribution is 6.10. The summed E-state index contributed by atoms with van der Waals surface area (Å²) in [5, 5.41) is 1.01. The number of para-hydroxylation sites is 1. The van der Waals surface area contributed by atoms with E-state index in [1.54, 1.807) is 0 Å². The lowest BCUT2D eigenvalue weighted by molar-refractivity contribution is 0.0688. The number of carbonyl (C=O) groups is 1. The molecule has 1 atom stereocenters.